The SMILES string of the molecule is CN(Cc1cnns1)C1CNCC1O. The predicted octanol–water partition coefficient (Wildman–Crippen LogP) is -0.697. The van der Waals surface area contributed by atoms with Crippen molar-refractivity contribution in [3.63, 3.8) is 0 Å². The Balaban J connectivity index is 1.92. The second kappa shape index (κ2) is 4.31. The number of likely N-dealkylation sites (N-methyl/N-ethyl adjacent to an activating group) is 1. The summed E-state index contributed by atoms with van der Waals surface area (Å²) >= 11 is 1.41. The molecule has 0 aromatic carbocycles. The predicted molar refractivity (Wildman–Crippen MR) is 54.0 cm³/mol. The van der Waals surface area contributed by atoms with Crippen LogP contribution in [0.2, 0.25) is 0 Å². The lowest BCUT2D eigenvalue weighted by atomic mass is 10.2. The maximum Gasteiger partial charge on any atom is 0.0831 e. The Morgan fingerprint density at radius 2 is 2.57 bits per heavy atom. The first-order chi connectivity index (χ1) is 6.77. The molecule has 2 unspecified atom stereocenters. The molecule has 1 aliphatic heterocycles. The van der Waals surface area contributed by atoms with Crippen LogP contribution in [0.3, 0.4) is 0 Å². The zero-order valence-electron chi connectivity index (χ0n) is 8.05. The summed E-state index contributed by atoms with van der Waals surface area (Å²) in [6, 6.07) is 0.206. The quantitative estimate of drug-likeness (QED) is 0.697. The van der Waals surface area contributed by atoms with E-state index in [4.69, 9.17) is 0 Å². The fourth-order valence-corrected chi connectivity index (χ4v) is 2.28. The molecule has 0 aliphatic carbocycles. The Bertz CT molecular complexity index is 279. The van der Waals surface area contributed by atoms with Crippen molar-refractivity contribution >= 4 is 11.5 Å². The van der Waals surface area contributed by atoms with Crippen LogP contribution in [0.5, 0.6) is 0 Å². The van der Waals surface area contributed by atoms with Crippen LogP contribution in [-0.2, 0) is 6.54 Å². The number of aliphatic hydroxyl groups excluding tert-OH is 1. The van der Waals surface area contributed by atoms with Crippen LogP contribution in [0.15, 0.2) is 6.20 Å². The van der Waals surface area contributed by atoms with Crippen LogP contribution in [0.25, 0.3) is 0 Å². The van der Waals surface area contributed by atoms with E-state index in [0.717, 1.165) is 18.0 Å². The average molecular weight is 214 g/mol. The third-order valence-corrected chi connectivity index (χ3v) is 3.17. The topological polar surface area (TPSA) is 61.3 Å². The van der Waals surface area contributed by atoms with Gasteiger partial charge in [0.1, 0.15) is 0 Å². The van der Waals surface area contributed by atoms with Gasteiger partial charge in [0.05, 0.1) is 17.2 Å². The minimum atomic E-state index is -0.263. The molecule has 1 aliphatic rings. The van der Waals surface area contributed by atoms with E-state index in [1.165, 1.54) is 11.5 Å². The van der Waals surface area contributed by atoms with Gasteiger partial charge in [-0.2, -0.15) is 0 Å². The first-order valence-corrected chi connectivity index (χ1v) is 5.40. The van der Waals surface area contributed by atoms with E-state index in [1.807, 2.05) is 7.05 Å². The van der Waals surface area contributed by atoms with E-state index in [1.54, 1.807) is 6.20 Å². The van der Waals surface area contributed by atoms with Crippen molar-refractivity contribution in [1.29, 1.82) is 0 Å². The van der Waals surface area contributed by atoms with Crippen LogP contribution < -0.4 is 5.32 Å². The largest absolute Gasteiger partial charge is 0.390 e. The molecule has 2 N–H and O–H groups in total. The molecule has 0 saturated carbocycles. The maximum absolute atomic E-state index is 9.66. The Hall–Kier alpha value is -0.560. The number of hydrogen-bond acceptors (Lipinski definition) is 6. The fourth-order valence-electron chi connectivity index (χ4n) is 1.72. The zero-order valence-corrected chi connectivity index (χ0v) is 8.87. The van der Waals surface area contributed by atoms with Crippen molar-refractivity contribution in [3.8, 4) is 0 Å². The molecule has 1 aromatic heterocycles. The molecule has 14 heavy (non-hydrogen) atoms. The molecule has 5 nitrogen and oxygen atoms in total. The van der Waals surface area contributed by atoms with E-state index in [0.29, 0.717) is 6.54 Å². The smallest absolute Gasteiger partial charge is 0.0831 e. The summed E-state index contributed by atoms with van der Waals surface area (Å²) in [7, 11) is 2.01. The Morgan fingerprint density at radius 3 is 3.14 bits per heavy atom. The van der Waals surface area contributed by atoms with Gasteiger partial charge < -0.3 is 10.4 Å². The summed E-state index contributed by atoms with van der Waals surface area (Å²) in [5.41, 5.74) is 0. The van der Waals surface area contributed by atoms with Gasteiger partial charge in [0.15, 0.2) is 0 Å². The summed E-state index contributed by atoms with van der Waals surface area (Å²) in [5.74, 6) is 0. The molecule has 2 heterocycles. The molecule has 78 valence electrons. The highest BCUT2D eigenvalue weighted by atomic mass is 32.1. The molecule has 2 rings (SSSR count). The van der Waals surface area contributed by atoms with E-state index in [2.05, 4.69) is 19.8 Å². The molecule has 0 spiro atoms. The summed E-state index contributed by atoms with van der Waals surface area (Å²) in [6.45, 7) is 2.35. The molecule has 0 radical (unpaired) electrons. The molecule has 0 bridgehead atoms. The molecule has 0 amide bonds. The van der Waals surface area contributed by atoms with Crippen molar-refractivity contribution in [2.75, 3.05) is 20.1 Å². The van der Waals surface area contributed by atoms with E-state index >= 15 is 0 Å². The van der Waals surface area contributed by atoms with Crippen molar-refractivity contribution in [2.45, 2.75) is 18.7 Å². The minimum absolute atomic E-state index is 0.206. The van der Waals surface area contributed by atoms with Crippen LogP contribution in [0.4, 0.5) is 0 Å². The minimum Gasteiger partial charge on any atom is -0.390 e. The molecule has 1 fully saturated rings. The standard InChI is InChI=1S/C8H14N4OS/c1-12(5-6-2-10-11-14-6)7-3-9-4-8(7)13/h2,7-9,13H,3-5H2,1H3. The van der Waals surface area contributed by atoms with Crippen LogP contribution >= 0.6 is 11.5 Å². The molecular formula is C8H14N4OS. The zero-order chi connectivity index (χ0) is 9.97. The molecule has 2 atom stereocenters. The van der Waals surface area contributed by atoms with Gasteiger partial charge in [-0.25, -0.2) is 0 Å². The fraction of sp³-hybridized carbons (Fsp3) is 0.750. The third kappa shape index (κ3) is 2.09. The Labute approximate surface area is 86.9 Å². The molecule has 1 saturated heterocycles. The lowest BCUT2D eigenvalue weighted by Gasteiger charge is -2.25. The Morgan fingerprint density at radius 1 is 1.71 bits per heavy atom. The van der Waals surface area contributed by atoms with Gasteiger partial charge in [-0.15, -0.1) is 5.10 Å². The molecule has 1 aromatic rings. The second-order valence-electron chi connectivity index (χ2n) is 3.59. The summed E-state index contributed by atoms with van der Waals surface area (Å²) in [4.78, 5) is 3.27. The number of aliphatic hydroxyl groups is 1. The van der Waals surface area contributed by atoms with Gasteiger partial charge in [0.2, 0.25) is 0 Å². The second-order valence-corrected chi connectivity index (χ2v) is 4.46. The monoisotopic (exact) mass is 214 g/mol. The van der Waals surface area contributed by atoms with E-state index < -0.39 is 0 Å². The highest BCUT2D eigenvalue weighted by Crippen LogP contribution is 2.12. The third-order valence-electron chi connectivity index (χ3n) is 2.53. The Kier molecular flexibility index (Phi) is 3.07. The number of nitrogens with one attached hydrogen (secondary N) is 1. The van der Waals surface area contributed by atoms with Gasteiger partial charge in [-0.3, -0.25) is 4.90 Å². The number of aromatic nitrogens is 2. The highest BCUT2D eigenvalue weighted by molar-refractivity contribution is 7.05. The van der Waals surface area contributed by atoms with Gasteiger partial charge in [0, 0.05) is 25.7 Å². The number of hydrogen-bond donors (Lipinski definition) is 2. The lowest BCUT2D eigenvalue weighted by molar-refractivity contribution is 0.0961. The van der Waals surface area contributed by atoms with Crippen LogP contribution in [-0.4, -0.2) is 51.9 Å². The summed E-state index contributed by atoms with van der Waals surface area (Å²) in [6.07, 6.45) is 1.51. The lowest BCUT2D eigenvalue weighted by Crippen LogP contribution is -2.39. The molecular weight excluding hydrogens is 200 g/mol. The highest BCUT2D eigenvalue weighted by Gasteiger charge is 2.28. The first kappa shape index (κ1) is 9.97. The maximum atomic E-state index is 9.66. The summed E-state index contributed by atoms with van der Waals surface area (Å²) in [5, 5.41) is 16.6. The van der Waals surface area contributed by atoms with Crippen LogP contribution in [0.1, 0.15) is 4.88 Å². The molecule has 6 heteroatoms. The van der Waals surface area contributed by atoms with Crippen molar-refractivity contribution < 1.29 is 5.11 Å². The van der Waals surface area contributed by atoms with Crippen molar-refractivity contribution in [1.82, 2.24) is 19.8 Å². The van der Waals surface area contributed by atoms with Gasteiger partial charge >= 0.3 is 0 Å². The van der Waals surface area contributed by atoms with Gasteiger partial charge in [-0.05, 0) is 18.6 Å². The van der Waals surface area contributed by atoms with E-state index in [-0.39, 0.29) is 12.1 Å². The number of β-amino-alcohol motifs (C(OH)–C–C–N with tert-alkyl or cyclic N) is 1. The van der Waals surface area contributed by atoms with Crippen LogP contribution in [0, 0.1) is 0 Å². The normalized spacial score (nSPS) is 27.4. The van der Waals surface area contributed by atoms with E-state index in [9.17, 15) is 5.11 Å². The van der Waals surface area contributed by atoms with Crippen molar-refractivity contribution in [3.05, 3.63) is 11.1 Å². The van der Waals surface area contributed by atoms with Gasteiger partial charge in [-0.1, -0.05) is 4.49 Å². The number of nitrogens with zero attached hydrogens (tertiary/aromatic N) is 3. The van der Waals surface area contributed by atoms with Crippen molar-refractivity contribution in [2.24, 2.45) is 0 Å². The average Bonchev–Trinajstić information content (AvgIpc) is 2.75. The number of rotatable bonds is 3. The first-order valence-electron chi connectivity index (χ1n) is 4.62. The summed E-state index contributed by atoms with van der Waals surface area (Å²) < 4.78 is 3.81. The van der Waals surface area contributed by atoms with Gasteiger partial charge in [0.25, 0.3) is 0 Å².